The van der Waals surface area contributed by atoms with Gasteiger partial charge in [-0.25, -0.2) is 0 Å². The van der Waals surface area contributed by atoms with Gasteiger partial charge in [0.25, 0.3) is 0 Å². The van der Waals surface area contributed by atoms with Crippen molar-refractivity contribution in [2.45, 2.75) is 44.8 Å². The van der Waals surface area contributed by atoms with Gasteiger partial charge in [-0.15, -0.1) is 24.8 Å². The molecule has 4 N–H and O–H groups in total. The van der Waals surface area contributed by atoms with Crippen molar-refractivity contribution in [2.75, 3.05) is 26.2 Å². The minimum atomic E-state index is -0.214. The van der Waals surface area contributed by atoms with E-state index in [4.69, 9.17) is 10.5 Å². The smallest absolute Gasteiger partial charge is 0.161 e. The Balaban J connectivity index is 0.00000171. The fraction of sp³-hybridized carbons (Fsp3) is 0.500. The van der Waals surface area contributed by atoms with Crippen LogP contribution in [0.3, 0.4) is 0 Å². The van der Waals surface area contributed by atoms with Crippen LogP contribution in [-0.4, -0.2) is 47.4 Å². The van der Waals surface area contributed by atoms with E-state index in [1.807, 2.05) is 6.07 Å². The summed E-state index contributed by atoms with van der Waals surface area (Å²) in [5.74, 6) is 0.379. The Morgan fingerprint density at radius 3 is 2.45 bits per heavy atom. The van der Waals surface area contributed by atoms with Crippen molar-refractivity contribution in [3.8, 4) is 11.5 Å². The maximum Gasteiger partial charge on any atom is 0.161 e. The van der Waals surface area contributed by atoms with Crippen molar-refractivity contribution in [1.29, 1.82) is 0 Å². The Kier molecular flexibility index (Phi) is 9.46. The normalized spacial score (nSPS) is 21.6. The van der Waals surface area contributed by atoms with Crippen LogP contribution in [0, 0.1) is 12.8 Å². The van der Waals surface area contributed by atoms with Crippen molar-refractivity contribution in [3.05, 3.63) is 58.7 Å². The number of fused-ring (bicyclic) bond motifs is 1. The first-order valence-corrected chi connectivity index (χ1v) is 10.7. The first-order valence-electron chi connectivity index (χ1n) is 10.7. The number of piperidine rings is 1. The van der Waals surface area contributed by atoms with Crippen LogP contribution in [0.1, 0.15) is 41.2 Å². The van der Waals surface area contributed by atoms with Gasteiger partial charge < -0.3 is 25.6 Å². The van der Waals surface area contributed by atoms with Crippen molar-refractivity contribution < 1.29 is 14.9 Å². The lowest BCUT2D eigenvalue weighted by Gasteiger charge is -2.40. The summed E-state index contributed by atoms with van der Waals surface area (Å²) in [4.78, 5) is 2.55. The average molecular weight is 469 g/mol. The zero-order chi connectivity index (χ0) is 20.4. The Morgan fingerprint density at radius 2 is 1.77 bits per heavy atom. The molecule has 7 heteroatoms. The van der Waals surface area contributed by atoms with E-state index in [-0.39, 0.29) is 48.5 Å². The second-order valence-corrected chi connectivity index (χ2v) is 8.46. The molecule has 2 aromatic carbocycles. The summed E-state index contributed by atoms with van der Waals surface area (Å²) in [7, 11) is 0. The number of phenolic OH excluding ortho intramolecular Hbond substituents is 2. The lowest BCUT2D eigenvalue weighted by atomic mass is 9.83. The van der Waals surface area contributed by atoms with E-state index in [1.54, 1.807) is 0 Å². The van der Waals surface area contributed by atoms with Gasteiger partial charge in [0, 0.05) is 25.1 Å². The molecule has 2 heterocycles. The van der Waals surface area contributed by atoms with Gasteiger partial charge in [-0.05, 0) is 68.0 Å². The number of nitrogens with two attached hydrogens (primary N) is 1. The van der Waals surface area contributed by atoms with E-state index in [2.05, 4.69) is 36.1 Å². The quantitative estimate of drug-likeness (QED) is 0.574. The molecule has 0 aliphatic carbocycles. The number of rotatable bonds is 5. The molecule has 31 heavy (non-hydrogen) atoms. The summed E-state index contributed by atoms with van der Waals surface area (Å²) < 4.78 is 6.34. The number of halogens is 2. The molecule has 0 saturated carbocycles. The molecule has 172 valence electrons. The lowest BCUT2D eigenvalue weighted by molar-refractivity contribution is -0.0646. The van der Waals surface area contributed by atoms with Crippen molar-refractivity contribution >= 4 is 24.8 Å². The van der Waals surface area contributed by atoms with Gasteiger partial charge in [0.05, 0.1) is 12.2 Å². The standard InChI is InChI=1S/C24H32N2O3.2ClH/c1-16-4-2-3-5-17(16)8-11-26-12-9-18(10-13-26)22-14-20-19(23(15-25)29-22)6-7-21(27)24(20)28;;/h2-7,18,22-23,27-28H,8-15,25H2,1H3;2*1H/t22-,23-;;/m0../s1. The van der Waals surface area contributed by atoms with E-state index >= 15 is 0 Å². The fourth-order valence-electron chi connectivity index (χ4n) is 4.87. The minimum Gasteiger partial charge on any atom is -0.504 e. The molecule has 0 unspecified atom stereocenters. The minimum absolute atomic E-state index is 0. The van der Waals surface area contributed by atoms with Crippen molar-refractivity contribution in [2.24, 2.45) is 11.7 Å². The summed E-state index contributed by atoms with van der Waals surface area (Å²) in [6.07, 6.45) is 3.74. The number of ether oxygens (including phenoxy) is 1. The second-order valence-electron chi connectivity index (χ2n) is 8.46. The van der Waals surface area contributed by atoms with E-state index in [9.17, 15) is 10.2 Å². The molecule has 0 amide bonds. The number of nitrogens with zero attached hydrogens (tertiary/aromatic N) is 1. The van der Waals surface area contributed by atoms with Crippen molar-refractivity contribution in [3.63, 3.8) is 0 Å². The fourth-order valence-corrected chi connectivity index (χ4v) is 4.87. The number of aryl methyl sites for hydroxylation is 1. The van der Waals surface area contributed by atoms with E-state index in [0.717, 1.165) is 50.0 Å². The predicted octanol–water partition coefficient (Wildman–Crippen LogP) is 4.15. The summed E-state index contributed by atoms with van der Waals surface area (Å²) in [5.41, 5.74) is 10.5. The molecule has 1 saturated heterocycles. The van der Waals surface area contributed by atoms with Gasteiger partial charge in [0.15, 0.2) is 11.5 Å². The van der Waals surface area contributed by atoms with Crippen LogP contribution < -0.4 is 5.73 Å². The summed E-state index contributed by atoms with van der Waals surface area (Å²) >= 11 is 0. The summed E-state index contributed by atoms with van der Waals surface area (Å²) in [6, 6.07) is 12.0. The maximum absolute atomic E-state index is 10.4. The molecule has 1 fully saturated rings. The molecule has 0 aromatic heterocycles. The lowest BCUT2D eigenvalue weighted by Crippen LogP contribution is -2.42. The first kappa shape index (κ1) is 25.8. The van der Waals surface area contributed by atoms with E-state index < -0.39 is 0 Å². The van der Waals surface area contributed by atoms with Gasteiger partial charge in [0.1, 0.15) is 0 Å². The third-order valence-corrected chi connectivity index (χ3v) is 6.72. The number of benzene rings is 2. The number of likely N-dealkylation sites (tertiary alicyclic amines) is 1. The summed E-state index contributed by atoms with van der Waals surface area (Å²) in [6.45, 7) is 5.79. The third kappa shape index (κ3) is 5.65. The number of aromatic hydroxyl groups is 2. The molecular formula is C24H34Cl2N2O3. The Hall–Kier alpha value is -1.50. The van der Waals surface area contributed by atoms with Crippen LogP contribution in [0.2, 0.25) is 0 Å². The van der Waals surface area contributed by atoms with Crippen LogP contribution in [-0.2, 0) is 17.6 Å². The predicted molar refractivity (Wildman–Crippen MR) is 129 cm³/mol. The molecule has 2 aliphatic rings. The molecule has 2 aromatic rings. The SMILES string of the molecule is Cc1ccccc1CCN1CCC([C@@H]2Cc3c(ccc(O)c3O)[C@H](CN)O2)CC1.Cl.Cl. The van der Waals surface area contributed by atoms with Gasteiger partial charge in [-0.2, -0.15) is 0 Å². The largest absolute Gasteiger partial charge is 0.504 e. The molecule has 2 aliphatic heterocycles. The second kappa shape index (κ2) is 11.4. The first-order chi connectivity index (χ1) is 14.1. The number of phenols is 2. The van der Waals surface area contributed by atoms with Crippen LogP contribution in [0.5, 0.6) is 11.5 Å². The Bertz CT molecular complexity index is 857. The highest BCUT2D eigenvalue weighted by Crippen LogP contribution is 2.42. The average Bonchev–Trinajstić information content (AvgIpc) is 2.75. The van der Waals surface area contributed by atoms with Crippen LogP contribution in [0.15, 0.2) is 36.4 Å². The highest BCUT2D eigenvalue weighted by Gasteiger charge is 2.35. The van der Waals surface area contributed by atoms with Crippen LogP contribution >= 0.6 is 24.8 Å². The Labute approximate surface area is 197 Å². The van der Waals surface area contributed by atoms with Gasteiger partial charge in [-0.3, -0.25) is 0 Å². The third-order valence-electron chi connectivity index (χ3n) is 6.72. The highest BCUT2D eigenvalue weighted by molar-refractivity contribution is 5.85. The maximum atomic E-state index is 10.4. The molecular weight excluding hydrogens is 435 g/mol. The van der Waals surface area contributed by atoms with Gasteiger partial charge in [-0.1, -0.05) is 30.3 Å². The molecule has 0 radical (unpaired) electrons. The molecule has 0 spiro atoms. The summed E-state index contributed by atoms with van der Waals surface area (Å²) in [5, 5.41) is 20.3. The Morgan fingerprint density at radius 1 is 1.06 bits per heavy atom. The van der Waals surface area contributed by atoms with Gasteiger partial charge >= 0.3 is 0 Å². The van der Waals surface area contributed by atoms with E-state index in [1.165, 1.54) is 17.2 Å². The molecule has 0 bridgehead atoms. The number of hydrogen-bond donors (Lipinski definition) is 3. The zero-order valence-corrected chi connectivity index (χ0v) is 19.6. The molecule has 4 rings (SSSR count). The van der Waals surface area contributed by atoms with Gasteiger partial charge in [0.2, 0.25) is 0 Å². The topological polar surface area (TPSA) is 79.0 Å². The van der Waals surface area contributed by atoms with Crippen LogP contribution in [0.25, 0.3) is 0 Å². The molecule has 5 nitrogen and oxygen atoms in total. The molecule has 2 atom stereocenters. The number of hydrogen-bond acceptors (Lipinski definition) is 5. The van der Waals surface area contributed by atoms with E-state index in [0.29, 0.717) is 18.9 Å². The monoisotopic (exact) mass is 468 g/mol. The zero-order valence-electron chi connectivity index (χ0n) is 18.0. The van der Waals surface area contributed by atoms with Crippen molar-refractivity contribution in [1.82, 2.24) is 4.90 Å². The highest BCUT2D eigenvalue weighted by atomic mass is 35.5. The van der Waals surface area contributed by atoms with Crippen LogP contribution in [0.4, 0.5) is 0 Å².